The van der Waals surface area contributed by atoms with Gasteiger partial charge in [-0.15, -0.1) is 0 Å². The normalized spacial score (nSPS) is 15.9. The highest BCUT2D eigenvalue weighted by Crippen LogP contribution is 2.35. The average Bonchev–Trinajstić information content (AvgIpc) is 3.14. The number of carboxylic acid groups (broad SMARTS) is 1. The summed E-state index contributed by atoms with van der Waals surface area (Å²) in [5.74, 6) is -2.68. The third kappa shape index (κ3) is 6.50. The Balaban J connectivity index is 1.94. The molecule has 3 rings (SSSR count). The maximum Gasteiger partial charge on any atom is 0.405 e. The Morgan fingerprint density at radius 3 is 2.32 bits per heavy atom. The molecule has 11 nitrogen and oxygen atoms in total. The molecule has 1 atom stereocenters. The highest BCUT2D eigenvalue weighted by Gasteiger charge is 2.41. The van der Waals surface area contributed by atoms with Crippen LogP contribution in [0.15, 0.2) is 23.9 Å². The summed E-state index contributed by atoms with van der Waals surface area (Å²) in [6, 6.07) is 3.00. The van der Waals surface area contributed by atoms with E-state index in [1.807, 2.05) is 0 Å². The van der Waals surface area contributed by atoms with Gasteiger partial charge >= 0.3 is 12.1 Å². The van der Waals surface area contributed by atoms with Crippen molar-refractivity contribution in [3.8, 4) is 0 Å². The molecule has 0 radical (unpaired) electrons. The lowest BCUT2D eigenvalue weighted by Gasteiger charge is -2.34. The number of aryl methyl sites for hydroxylation is 1. The molecule has 0 saturated heterocycles. The van der Waals surface area contributed by atoms with Crippen LogP contribution in [-0.2, 0) is 20.7 Å². The molecular formula is C25H30N4O7S. The lowest BCUT2D eigenvalue weighted by atomic mass is 9.84. The van der Waals surface area contributed by atoms with Gasteiger partial charge in [-0.1, -0.05) is 11.3 Å². The predicted molar refractivity (Wildman–Crippen MR) is 137 cm³/mol. The van der Waals surface area contributed by atoms with Crippen molar-refractivity contribution >= 4 is 46.0 Å². The first-order chi connectivity index (χ1) is 17.1. The van der Waals surface area contributed by atoms with Gasteiger partial charge in [0.05, 0.1) is 16.9 Å². The van der Waals surface area contributed by atoms with E-state index in [2.05, 4.69) is 20.6 Å². The number of aliphatic hydroxyl groups excluding tert-OH is 1. The van der Waals surface area contributed by atoms with Crippen LogP contribution in [0.5, 0.6) is 0 Å². The van der Waals surface area contributed by atoms with Crippen molar-refractivity contribution in [2.75, 3.05) is 5.32 Å². The largest absolute Gasteiger partial charge is 0.507 e. The number of allylic oxidation sites excluding steroid dienone is 1. The number of ether oxygens (including phenoxy) is 1. The number of thiazole rings is 1. The second-order valence-electron chi connectivity index (χ2n) is 10.2. The smallest absolute Gasteiger partial charge is 0.405 e. The second-order valence-corrected chi connectivity index (χ2v) is 11.2. The van der Waals surface area contributed by atoms with Crippen LogP contribution < -0.4 is 10.6 Å². The SMILES string of the molecule is CC(=O)Nc1nc2c(s1)C(=O)C(=C(O)c1ccc(C(C(=O)OC(C)(C)C)C(C)(C)NC(=O)O)nc1)CC2. The summed E-state index contributed by atoms with van der Waals surface area (Å²) in [4.78, 5) is 57.8. The summed E-state index contributed by atoms with van der Waals surface area (Å²) in [5.41, 5.74) is -0.831. The van der Waals surface area contributed by atoms with E-state index >= 15 is 0 Å². The first-order valence-electron chi connectivity index (χ1n) is 11.5. The summed E-state index contributed by atoms with van der Waals surface area (Å²) < 4.78 is 5.52. The number of nitrogens with one attached hydrogen (secondary N) is 2. The molecule has 4 N–H and O–H groups in total. The number of Topliss-reactive ketones (excluding diaryl/α,β-unsaturated/α-hetero) is 1. The van der Waals surface area contributed by atoms with Crippen molar-refractivity contribution in [3.63, 3.8) is 0 Å². The quantitative estimate of drug-likeness (QED) is 0.244. The van der Waals surface area contributed by atoms with E-state index < -0.39 is 29.1 Å². The third-order valence-corrected chi connectivity index (χ3v) is 6.52. The number of nitrogens with zero attached hydrogens (tertiary/aromatic N) is 2. The van der Waals surface area contributed by atoms with Gasteiger partial charge in [0.2, 0.25) is 11.7 Å². The molecule has 0 fully saturated rings. The van der Waals surface area contributed by atoms with Gasteiger partial charge in [-0.2, -0.15) is 0 Å². The topological polar surface area (TPSA) is 168 Å². The van der Waals surface area contributed by atoms with Crippen molar-refractivity contribution in [2.45, 2.75) is 71.4 Å². The van der Waals surface area contributed by atoms with Gasteiger partial charge in [0, 0.05) is 24.3 Å². The fourth-order valence-corrected chi connectivity index (χ4v) is 5.03. The van der Waals surface area contributed by atoms with Crippen molar-refractivity contribution in [3.05, 3.63) is 45.7 Å². The molecule has 0 aliphatic heterocycles. The number of aromatic nitrogens is 2. The number of hydrogen-bond donors (Lipinski definition) is 4. The number of amides is 2. The van der Waals surface area contributed by atoms with Gasteiger partial charge < -0.3 is 25.6 Å². The van der Waals surface area contributed by atoms with E-state index in [4.69, 9.17) is 4.74 Å². The molecule has 1 unspecified atom stereocenters. The van der Waals surface area contributed by atoms with Crippen LogP contribution >= 0.6 is 11.3 Å². The molecule has 0 saturated carbocycles. The van der Waals surface area contributed by atoms with Gasteiger partial charge in [-0.25, -0.2) is 9.78 Å². The van der Waals surface area contributed by atoms with E-state index in [9.17, 15) is 29.4 Å². The van der Waals surface area contributed by atoms with Crippen LogP contribution in [0.25, 0.3) is 5.76 Å². The molecule has 2 heterocycles. The number of fused-ring (bicyclic) bond motifs is 1. The molecule has 2 aromatic rings. The highest BCUT2D eigenvalue weighted by molar-refractivity contribution is 7.18. The maximum absolute atomic E-state index is 13.1. The first kappa shape index (κ1) is 27.8. The van der Waals surface area contributed by atoms with Gasteiger partial charge in [-0.3, -0.25) is 19.4 Å². The van der Waals surface area contributed by atoms with E-state index in [0.717, 1.165) is 11.3 Å². The number of rotatable bonds is 6. The summed E-state index contributed by atoms with van der Waals surface area (Å²) in [5, 5.41) is 25.4. The Morgan fingerprint density at radius 2 is 1.78 bits per heavy atom. The molecular weight excluding hydrogens is 500 g/mol. The number of esters is 1. The molecule has 2 aromatic heterocycles. The number of hydrogen-bond acceptors (Lipinski definition) is 9. The molecule has 1 aliphatic carbocycles. The van der Waals surface area contributed by atoms with E-state index in [1.165, 1.54) is 25.3 Å². The lowest BCUT2D eigenvalue weighted by Crippen LogP contribution is -2.51. The zero-order chi connectivity index (χ0) is 27.7. The van der Waals surface area contributed by atoms with Crippen LogP contribution in [-0.4, -0.2) is 55.1 Å². The van der Waals surface area contributed by atoms with E-state index in [-0.39, 0.29) is 40.7 Å². The fraction of sp³-hybridized carbons (Fsp3) is 0.440. The molecule has 198 valence electrons. The molecule has 0 aromatic carbocycles. The third-order valence-electron chi connectivity index (χ3n) is 5.51. The zero-order valence-electron chi connectivity index (χ0n) is 21.5. The van der Waals surface area contributed by atoms with Crippen LogP contribution in [0.1, 0.15) is 80.5 Å². The maximum atomic E-state index is 13.1. The Morgan fingerprint density at radius 1 is 1.11 bits per heavy atom. The molecule has 37 heavy (non-hydrogen) atoms. The Hall–Kier alpha value is -3.80. The van der Waals surface area contributed by atoms with Gasteiger partial charge in [0.15, 0.2) is 5.13 Å². The standard InChI is InChI=1S/C25H30N4O7S/c1-12(30)27-22-28-16-10-8-14(19(32)20(16)37-22)18(31)13-7-9-15(26-11-13)17(21(33)36-24(2,3)4)25(5,6)29-23(34)35/h7,9,11,17,29,31H,8,10H2,1-6H3,(H,34,35)(H,27,28,30). The van der Waals surface area contributed by atoms with Gasteiger partial charge in [-0.05, 0) is 59.6 Å². The monoisotopic (exact) mass is 530 g/mol. The summed E-state index contributed by atoms with van der Waals surface area (Å²) >= 11 is 1.05. The van der Waals surface area contributed by atoms with Crippen molar-refractivity contribution in [1.82, 2.24) is 15.3 Å². The number of anilines is 1. The first-order valence-corrected chi connectivity index (χ1v) is 12.3. The number of pyridine rings is 1. The zero-order valence-corrected chi connectivity index (χ0v) is 22.3. The number of ketones is 1. The Bertz CT molecular complexity index is 1270. The Labute approximate surface area is 218 Å². The van der Waals surface area contributed by atoms with Gasteiger partial charge in [0.1, 0.15) is 22.2 Å². The molecule has 0 spiro atoms. The fourth-order valence-electron chi connectivity index (χ4n) is 4.01. The predicted octanol–water partition coefficient (Wildman–Crippen LogP) is 4.07. The van der Waals surface area contributed by atoms with Crippen LogP contribution in [0.2, 0.25) is 0 Å². The summed E-state index contributed by atoms with van der Waals surface area (Å²) in [6.45, 7) is 9.56. The minimum absolute atomic E-state index is 0.191. The minimum atomic E-state index is -1.31. The Kier molecular flexibility index (Phi) is 7.72. The summed E-state index contributed by atoms with van der Waals surface area (Å²) in [7, 11) is 0. The van der Waals surface area contributed by atoms with Crippen molar-refractivity contribution in [2.24, 2.45) is 0 Å². The molecule has 1 aliphatic rings. The molecule has 0 bridgehead atoms. The number of carbonyl (C=O) groups is 4. The van der Waals surface area contributed by atoms with E-state index in [0.29, 0.717) is 22.1 Å². The van der Waals surface area contributed by atoms with Gasteiger partial charge in [0.25, 0.3) is 0 Å². The highest BCUT2D eigenvalue weighted by atomic mass is 32.1. The number of carbonyl (C=O) groups excluding carboxylic acids is 3. The van der Waals surface area contributed by atoms with Crippen LogP contribution in [0.4, 0.5) is 9.93 Å². The molecule has 12 heteroatoms. The van der Waals surface area contributed by atoms with Crippen molar-refractivity contribution < 1.29 is 34.1 Å². The summed E-state index contributed by atoms with van der Waals surface area (Å²) in [6.07, 6.45) is 0.679. The molecule has 2 amide bonds. The van der Waals surface area contributed by atoms with Crippen LogP contribution in [0.3, 0.4) is 0 Å². The lowest BCUT2D eigenvalue weighted by molar-refractivity contribution is -0.158. The second kappa shape index (κ2) is 10.3. The average molecular weight is 531 g/mol. The van der Waals surface area contributed by atoms with Crippen LogP contribution in [0, 0.1) is 0 Å². The van der Waals surface area contributed by atoms with Crippen molar-refractivity contribution in [1.29, 1.82) is 0 Å². The van der Waals surface area contributed by atoms with E-state index in [1.54, 1.807) is 34.6 Å². The number of aliphatic hydroxyl groups is 1. The minimum Gasteiger partial charge on any atom is -0.507 e.